The molecular formula is C17H17N3O2. The molecule has 0 spiro atoms. The Balaban J connectivity index is 1.75. The largest absolute Gasteiger partial charge is 0.398 e. The van der Waals surface area contributed by atoms with Crippen molar-refractivity contribution in [2.45, 2.75) is 13.3 Å². The van der Waals surface area contributed by atoms with Crippen LogP contribution in [0.1, 0.15) is 11.1 Å². The van der Waals surface area contributed by atoms with Gasteiger partial charge in [-0.15, -0.1) is 0 Å². The van der Waals surface area contributed by atoms with E-state index in [1.165, 1.54) is 4.90 Å². The fraction of sp³-hybridized carbons (Fsp3) is 0.176. The highest BCUT2D eigenvalue weighted by molar-refractivity contribution is 6.07. The average Bonchev–Trinajstić information content (AvgIpc) is 2.80. The molecule has 5 nitrogen and oxygen atoms in total. The summed E-state index contributed by atoms with van der Waals surface area (Å²) in [6, 6.07) is 12.9. The summed E-state index contributed by atoms with van der Waals surface area (Å²) < 4.78 is 0. The van der Waals surface area contributed by atoms with Gasteiger partial charge in [-0.1, -0.05) is 24.3 Å². The van der Waals surface area contributed by atoms with Crippen molar-refractivity contribution >= 4 is 28.9 Å². The van der Waals surface area contributed by atoms with Crippen LogP contribution in [0.4, 0.5) is 17.1 Å². The van der Waals surface area contributed by atoms with Gasteiger partial charge >= 0.3 is 0 Å². The van der Waals surface area contributed by atoms with E-state index >= 15 is 0 Å². The quantitative estimate of drug-likeness (QED) is 0.852. The number of nitrogens with two attached hydrogens (primary N) is 1. The third kappa shape index (κ3) is 2.53. The van der Waals surface area contributed by atoms with Gasteiger partial charge in [0.1, 0.15) is 6.54 Å². The van der Waals surface area contributed by atoms with E-state index in [4.69, 9.17) is 5.73 Å². The van der Waals surface area contributed by atoms with Gasteiger partial charge < -0.3 is 16.0 Å². The molecule has 5 heteroatoms. The number of nitrogens with zero attached hydrogens (tertiary/aromatic N) is 1. The molecule has 0 fully saturated rings. The number of nitrogen functional groups attached to an aromatic ring is 1. The number of hydrogen-bond acceptors (Lipinski definition) is 3. The van der Waals surface area contributed by atoms with Gasteiger partial charge in [0.25, 0.3) is 0 Å². The Hall–Kier alpha value is -2.82. The molecule has 112 valence electrons. The first-order valence-electron chi connectivity index (χ1n) is 7.09. The van der Waals surface area contributed by atoms with Crippen LogP contribution in [0.5, 0.6) is 0 Å². The highest BCUT2D eigenvalue weighted by atomic mass is 16.2. The van der Waals surface area contributed by atoms with Crippen LogP contribution >= 0.6 is 0 Å². The van der Waals surface area contributed by atoms with Crippen molar-refractivity contribution in [2.24, 2.45) is 0 Å². The number of nitrogens with one attached hydrogen (secondary N) is 1. The summed E-state index contributed by atoms with van der Waals surface area (Å²) in [7, 11) is 0. The Morgan fingerprint density at radius 3 is 2.82 bits per heavy atom. The normalized spacial score (nSPS) is 13.1. The lowest BCUT2D eigenvalue weighted by atomic mass is 10.1. The average molecular weight is 295 g/mol. The Labute approximate surface area is 128 Å². The summed E-state index contributed by atoms with van der Waals surface area (Å²) in [6.07, 6.45) is 0.348. The van der Waals surface area contributed by atoms with Gasteiger partial charge in [0.2, 0.25) is 11.8 Å². The van der Waals surface area contributed by atoms with Crippen molar-refractivity contribution in [1.29, 1.82) is 0 Å². The Kier molecular flexibility index (Phi) is 3.55. The number of hydrogen-bond donors (Lipinski definition) is 2. The molecule has 0 aliphatic carbocycles. The standard InChI is InChI=1S/C17H17N3O2/c1-11-13(18)6-4-7-14(11)19-16(21)10-20-15-8-3-2-5-12(15)9-17(20)22/h2-8H,9-10,18H2,1H3,(H,19,21). The van der Waals surface area contributed by atoms with Crippen molar-refractivity contribution in [3.8, 4) is 0 Å². The van der Waals surface area contributed by atoms with Crippen LogP contribution in [0.15, 0.2) is 42.5 Å². The van der Waals surface area contributed by atoms with Crippen LogP contribution in [-0.2, 0) is 16.0 Å². The molecule has 2 amide bonds. The first-order valence-corrected chi connectivity index (χ1v) is 7.09. The molecule has 1 aliphatic heterocycles. The number of carbonyl (C=O) groups excluding carboxylic acids is 2. The van der Waals surface area contributed by atoms with Gasteiger partial charge in [-0.2, -0.15) is 0 Å². The summed E-state index contributed by atoms with van der Waals surface area (Å²) >= 11 is 0. The second kappa shape index (κ2) is 5.52. The van der Waals surface area contributed by atoms with Crippen molar-refractivity contribution in [1.82, 2.24) is 0 Å². The fourth-order valence-electron chi connectivity index (χ4n) is 2.61. The molecule has 3 N–H and O–H groups in total. The number of carbonyl (C=O) groups is 2. The molecule has 1 heterocycles. The summed E-state index contributed by atoms with van der Waals surface area (Å²) in [6.45, 7) is 1.85. The van der Waals surface area contributed by atoms with E-state index in [1.54, 1.807) is 18.2 Å². The summed E-state index contributed by atoms with van der Waals surface area (Å²) in [5.74, 6) is -0.292. The molecule has 0 aromatic heterocycles. The van der Waals surface area contributed by atoms with Crippen molar-refractivity contribution < 1.29 is 9.59 Å². The molecule has 2 aromatic rings. The lowest BCUT2D eigenvalue weighted by Gasteiger charge is -2.17. The second-order valence-electron chi connectivity index (χ2n) is 5.35. The molecule has 3 rings (SSSR count). The van der Waals surface area contributed by atoms with Crippen LogP contribution < -0.4 is 16.0 Å². The molecule has 0 bridgehead atoms. The van der Waals surface area contributed by atoms with Crippen LogP contribution in [0.3, 0.4) is 0 Å². The zero-order chi connectivity index (χ0) is 15.7. The smallest absolute Gasteiger partial charge is 0.244 e. The maximum Gasteiger partial charge on any atom is 0.244 e. The van der Waals surface area contributed by atoms with Gasteiger partial charge in [-0.3, -0.25) is 9.59 Å². The molecular weight excluding hydrogens is 278 g/mol. The van der Waals surface area contributed by atoms with E-state index in [-0.39, 0.29) is 18.4 Å². The zero-order valence-electron chi connectivity index (χ0n) is 12.3. The Morgan fingerprint density at radius 1 is 1.23 bits per heavy atom. The van der Waals surface area contributed by atoms with E-state index in [0.717, 1.165) is 16.8 Å². The third-order valence-corrected chi connectivity index (χ3v) is 3.88. The third-order valence-electron chi connectivity index (χ3n) is 3.88. The van der Waals surface area contributed by atoms with E-state index in [9.17, 15) is 9.59 Å². The number of fused-ring (bicyclic) bond motifs is 1. The van der Waals surface area contributed by atoms with Crippen molar-refractivity contribution in [2.75, 3.05) is 22.5 Å². The first kappa shape index (κ1) is 14.1. The predicted molar refractivity (Wildman–Crippen MR) is 86.7 cm³/mol. The second-order valence-corrected chi connectivity index (χ2v) is 5.35. The number of benzene rings is 2. The van der Waals surface area contributed by atoms with Crippen molar-refractivity contribution in [3.05, 3.63) is 53.6 Å². The summed E-state index contributed by atoms with van der Waals surface area (Å²) in [4.78, 5) is 25.8. The Bertz CT molecular complexity index is 755. The number of amides is 2. The van der Waals surface area contributed by atoms with Gasteiger partial charge in [0, 0.05) is 17.1 Å². The summed E-state index contributed by atoms with van der Waals surface area (Å²) in [5.41, 5.74) is 9.72. The fourth-order valence-corrected chi connectivity index (χ4v) is 2.61. The zero-order valence-corrected chi connectivity index (χ0v) is 12.3. The maximum atomic E-state index is 12.2. The van der Waals surface area contributed by atoms with Crippen LogP contribution in [0, 0.1) is 6.92 Å². The van der Waals surface area contributed by atoms with E-state index < -0.39 is 0 Å². The Morgan fingerprint density at radius 2 is 2.00 bits per heavy atom. The maximum absolute atomic E-state index is 12.2. The highest BCUT2D eigenvalue weighted by Gasteiger charge is 2.28. The topological polar surface area (TPSA) is 75.4 Å². The molecule has 0 saturated heterocycles. The molecule has 22 heavy (non-hydrogen) atoms. The lowest BCUT2D eigenvalue weighted by Crippen LogP contribution is -2.35. The predicted octanol–water partition coefficient (Wildman–Crippen LogP) is 2.11. The number of para-hydroxylation sites is 1. The van der Waals surface area contributed by atoms with E-state index in [2.05, 4.69) is 5.32 Å². The minimum atomic E-state index is -0.237. The monoisotopic (exact) mass is 295 g/mol. The molecule has 1 aliphatic rings. The number of anilines is 3. The summed E-state index contributed by atoms with van der Waals surface area (Å²) in [5, 5.41) is 2.82. The minimum absolute atomic E-state index is 0.00405. The highest BCUT2D eigenvalue weighted by Crippen LogP contribution is 2.28. The van der Waals surface area contributed by atoms with Gasteiger partial charge in [-0.25, -0.2) is 0 Å². The lowest BCUT2D eigenvalue weighted by molar-refractivity contribution is -0.120. The van der Waals surface area contributed by atoms with Gasteiger partial charge in [-0.05, 0) is 36.2 Å². The molecule has 0 unspecified atom stereocenters. The molecule has 2 aromatic carbocycles. The SMILES string of the molecule is Cc1c(N)cccc1NC(=O)CN1C(=O)Cc2ccccc21. The minimum Gasteiger partial charge on any atom is -0.398 e. The van der Waals surface area contributed by atoms with Gasteiger partial charge in [0.15, 0.2) is 0 Å². The number of rotatable bonds is 3. The van der Waals surface area contributed by atoms with Crippen molar-refractivity contribution in [3.63, 3.8) is 0 Å². The molecule has 0 atom stereocenters. The van der Waals surface area contributed by atoms with Gasteiger partial charge in [0.05, 0.1) is 6.42 Å². The van der Waals surface area contributed by atoms with E-state index in [0.29, 0.717) is 17.8 Å². The van der Waals surface area contributed by atoms with Crippen LogP contribution in [-0.4, -0.2) is 18.4 Å². The van der Waals surface area contributed by atoms with E-state index in [1.807, 2.05) is 31.2 Å². The van der Waals surface area contributed by atoms with Crippen LogP contribution in [0.25, 0.3) is 0 Å². The van der Waals surface area contributed by atoms with Crippen LogP contribution in [0.2, 0.25) is 0 Å². The first-order chi connectivity index (χ1) is 10.6. The molecule has 0 radical (unpaired) electrons. The molecule has 0 saturated carbocycles.